The number of hydrogen-bond acceptors (Lipinski definition) is 2. The lowest BCUT2D eigenvalue weighted by Gasteiger charge is -2.43. The second-order valence-corrected chi connectivity index (χ2v) is 8.22. The van der Waals surface area contributed by atoms with E-state index in [1.54, 1.807) is 0 Å². The van der Waals surface area contributed by atoms with Crippen molar-refractivity contribution >= 4 is 5.96 Å². The van der Waals surface area contributed by atoms with Crippen molar-refractivity contribution in [2.24, 2.45) is 21.7 Å². The van der Waals surface area contributed by atoms with Gasteiger partial charge in [-0.25, -0.2) is 0 Å². The van der Waals surface area contributed by atoms with Gasteiger partial charge in [0.25, 0.3) is 0 Å². The Kier molecular flexibility index (Phi) is 5.50. The molecule has 0 amide bonds. The first-order valence-corrected chi connectivity index (χ1v) is 9.65. The summed E-state index contributed by atoms with van der Waals surface area (Å²) in [5.41, 5.74) is 1.01. The first-order chi connectivity index (χ1) is 11.2. The average Bonchev–Trinajstić information content (AvgIpc) is 3.27. The molecule has 0 spiro atoms. The maximum Gasteiger partial charge on any atom is 0.191 e. The van der Waals surface area contributed by atoms with Crippen molar-refractivity contribution in [1.82, 2.24) is 10.6 Å². The molecular formula is C19H35N3O. The highest BCUT2D eigenvalue weighted by Gasteiger charge is 2.48. The van der Waals surface area contributed by atoms with Gasteiger partial charge in [0.05, 0.1) is 0 Å². The van der Waals surface area contributed by atoms with Gasteiger partial charge in [-0.2, -0.15) is 0 Å². The normalized spacial score (nSPS) is 25.9. The molecule has 0 aromatic carbocycles. The number of nitrogens with zero attached hydrogens (tertiary/aromatic N) is 1. The second kappa shape index (κ2) is 7.42. The molecule has 0 saturated heterocycles. The van der Waals surface area contributed by atoms with Crippen LogP contribution in [0.2, 0.25) is 0 Å². The third-order valence-corrected chi connectivity index (χ3v) is 6.76. The molecule has 0 aliphatic heterocycles. The van der Waals surface area contributed by atoms with Gasteiger partial charge >= 0.3 is 0 Å². The van der Waals surface area contributed by atoms with Gasteiger partial charge in [-0.15, -0.1) is 0 Å². The SMILES string of the molecule is CN=C(NCC1(CCOC)CCCC1)NCC1(C2CC2)CCC1. The molecule has 0 aromatic heterocycles. The average molecular weight is 322 g/mol. The minimum absolute atomic E-state index is 0.415. The molecule has 0 heterocycles. The Morgan fingerprint density at radius 3 is 2.26 bits per heavy atom. The molecule has 3 saturated carbocycles. The topological polar surface area (TPSA) is 45.7 Å². The van der Waals surface area contributed by atoms with Gasteiger partial charge in [0.2, 0.25) is 0 Å². The van der Waals surface area contributed by atoms with Crippen molar-refractivity contribution in [2.45, 2.75) is 64.2 Å². The van der Waals surface area contributed by atoms with E-state index in [1.807, 2.05) is 14.2 Å². The van der Waals surface area contributed by atoms with E-state index in [4.69, 9.17) is 4.74 Å². The summed E-state index contributed by atoms with van der Waals surface area (Å²) >= 11 is 0. The van der Waals surface area contributed by atoms with Crippen LogP contribution in [0, 0.1) is 16.7 Å². The predicted molar refractivity (Wildman–Crippen MR) is 95.8 cm³/mol. The standard InChI is InChI=1S/C19H35N3O/c1-20-17(22-15-19(10-5-11-19)16-6-7-16)21-14-18(12-13-23-2)8-3-4-9-18/h16H,3-15H2,1-2H3,(H2,20,21,22). The Balaban J connectivity index is 1.47. The predicted octanol–water partition coefficient (Wildman–Crippen LogP) is 3.33. The van der Waals surface area contributed by atoms with Crippen molar-refractivity contribution in [3.05, 3.63) is 0 Å². The Morgan fingerprint density at radius 1 is 1.04 bits per heavy atom. The largest absolute Gasteiger partial charge is 0.385 e. The van der Waals surface area contributed by atoms with Gasteiger partial charge in [-0.05, 0) is 61.7 Å². The van der Waals surface area contributed by atoms with E-state index in [2.05, 4.69) is 15.6 Å². The van der Waals surface area contributed by atoms with Crippen molar-refractivity contribution < 1.29 is 4.74 Å². The van der Waals surface area contributed by atoms with Gasteiger partial charge in [-0.3, -0.25) is 4.99 Å². The molecule has 4 heteroatoms. The second-order valence-electron chi connectivity index (χ2n) is 8.22. The summed E-state index contributed by atoms with van der Waals surface area (Å²) in [7, 11) is 3.71. The summed E-state index contributed by atoms with van der Waals surface area (Å²) in [6.07, 6.45) is 13.7. The first kappa shape index (κ1) is 17.1. The summed E-state index contributed by atoms with van der Waals surface area (Å²) in [5.74, 6) is 1.99. The lowest BCUT2D eigenvalue weighted by Crippen LogP contribution is -2.49. The van der Waals surface area contributed by atoms with Crippen molar-refractivity contribution in [1.29, 1.82) is 0 Å². The molecule has 4 nitrogen and oxygen atoms in total. The number of nitrogens with one attached hydrogen (secondary N) is 2. The number of rotatable bonds is 8. The lowest BCUT2D eigenvalue weighted by molar-refractivity contribution is 0.105. The highest BCUT2D eigenvalue weighted by molar-refractivity contribution is 5.79. The quantitative estimate of drug-likeness (QED) is 0.532. The molecule has 0 aromatic rings. The fourth-order valence-corrected chi connectivity index (χ4v) is 4.77. The van der Waals surface area contributed by atoms with E-state index >= 15 is 0 Å². The molecule has 0 unspecified atom stereocenters. The smallest absolute Gasteiger partial charge is 0.191 e. The number of methoxy groups -OCH3 is 1. The van der Waals surface area contributed by atoms with E-state index in [0.717, 1.165) is 31.6 Å². The molecule has 23 heavy (non-hydrogen) atoms. The van der Waals surface area contributed by atoms with Crippen LogP contribution in [0.5, 0.6) is 0 Å². The van der Waals surface area contributed by atoms with Gasteiger partial charge in [-0.1, -0.05) is 19.3 Å². The molecule has 3 rings (SSSR count). The minimum atomic E-state index is 0.415. The summed E-state index contributed by atoms with van der Waals surface area (Å²) in [6, 6.07) is 0. The molecule has 0 radical (unpaired) electrons. The summed E-state index contributed by atoms with van der Waals surface area (Å²) in [4.78, 5) is 4.46. The van der Waals surface area contributed by atoms with Crippen LogP contribution in [0.1, 0.15) is 64.2 Å². The van der Waals surface area contributed by atoms with Crippen molar-refractivity contribution in [3.63, 3.8) is 0 Å². The Hall–Kier alpha value is -0.770. The van der Waals surface area contributed by atoms with Crippen LogP contribution in [0.25, 0.3) is 0 Å². The molecule has 2 N–H and O–H groups in total. The summed E-state index contributed by atoms with van der Waals surface area (Å²) in [5, 5.41) is 7.26. The molecule has 3 aliphatic carbocycles. The monoisotopic (exact) mass is 321 g/mol. The third-order valence-electron chi connectivity index (χ3n) is 6.76. The van der Waals surface area contributed by atoms with E-state index in [9.17, 15) is 0 Å². The highest BCUT2D eigenvalue weighted by atomic mass is 16.5. The Labute approximate surface area is 141 Å². The number of guanidine groups is 1. The first-order valence-electron chi connectivity index (χ1n) is 9.65. The van der Waals surface area contributed by atoms with E-state index in [-0.39, 0.29) is 0 Å². The fraction of sp³-hybridized carbons (Fsp3) is 0.947. The molecule has 0 atom stereocenters. The molecule has 132 valence electrons. The zero-order valence-electron chi connectivity index (χ0n) is 15.1. The van der Waals surface area contributed by atoms with Crippen LogP contribution in [-0.4, -0.2) is 39.8 Å². The van der Waals surface area contributed by atoms with Crippen LogP contribution in [0.15, 0.2) is 4.99 Å². The Morgan fingerprint density at radius 2 is 1.74 bits per heavy atom. The summed E-state index contributed by atoms with van der Waals surface area (Å²) < 4.78 is 5.34. The number of ether oxygens (including phenoxy) is 1. The van der Waals surface area contributed by atoms with Crippen LogP contribution in [0.4, 0.5) is 0 Å². The summed E-state index contributed by atoms with van der Waals surface area (Å²) in [6.45, 7) is 3.02. The van der Waals surface area contributed by atoms with Crippen LogP contribution in [0.3, 0.4) is 0 Å². The molecular weight excluding hydrogens is 286 g/mol. The maximum absolute atomic E-state index is 5.34. The van der Waals surface area contributed by atoms with Crippen molar-refractivity contribution in [3.8, 4) is 0 Å². The Bertz CT molecular complexity index is 407. The van der Waals surface area contributed by atoms with Crippen LogP contribution >= 0.6 is 0 Å². The van der Waals surface area contributed by atoms with Crippen molar-refractivity contribution in [2.75, 3.05) is 33.9 Å². The van der Waals surface area contributed by atoms with E-state index < -0.39 is 0 Å². The highest BCUT2D eigenvalue weighted by Crippen LogP contribution is 2.56. The minimum Gasteiger partial charge on any atom is -0.385 e. The molecule has 3 aliphatic rings. The molecule has 3 fully saturated rings. The van der Waals surface area contributed by atoms with E-state index in [0.29, 0.717) is 10.8 Å². The van der Waals surface area contributed by atoms with Crippen LogP contribution in [-0.2, 0) is 4.74 Å². The van der Waals surface area contributed by atoms with Gasteiger partial charge in [0, 0.05) is 33.9 Å². The van der Waals surface area contributed by atoms with Crippen LogP contribution < -0.4 is 10.6 Å². The maximum atomic E-state index is 5.34. The van der Waals surface area contributed by atoms with Gasteiger partial charge in [0.15, 0.2) is 5.96 Å². The zero-order chi connectivity index (χ0) is 16.2. The van der Waals surface area contributed by atoms with E-state index in [1.165, 1.54) is 64.2 Å². The third kappa shape index (κ3) is 4.01. The fourth-order valence-electron chi connectivity index (χ4n) is 4.77. The zero-order valence-corrected chi connectivity index (χ0v) is 15.1. The number of hydrogen-bond donors (Lipinski definition) is 2. The molecule has 0 bridgehead atoms. The van der Waals surface area contributed by atoms with Gasteiger partial charge in [0.1, 0.15) is 0 Å². The van der Waals surface area contributed by atoms with Gasteiger partial charge < -0.3 is 15.4 Å². The lowest BCUT2D eigenvalue weighted by atomic mass is 9.65. The number of aliphatic imine (C=N–C) groups is 1.